The van der Waals surface area contributed by atoms with Crippen LogP contribution in [0.3, 0.4) is 0 Å². The molecule has 0 spiro atoms. The highest BCUT2D eigenvalue weighted by Gasteiger charge is 2.28. The molecule has 4 rings (SSSR count). The Morgan fingerprint density at radius 2 is 2.04 bits per heavy atom. The van der Waals surface area contributed by atoms with Crippen molar-refractivity contribution in [3.05, 3.63) is 53.9 Å². The maximum Gasteiger partial charge on any atom is 0.256 e. The fourth-order valence-corrected chi connectivity index (χ4v) is 3.93. The number of benzene rings is 2. The SMILES string of the molecule is Cc1cccc(-c2cc(C(=O)N(C)C3CCN(C)C3)c3ncnc(N)c3c2)c1. The fourth-order valence-electron chi connectivity index (χ4n) is 3.93. The third-order valence-electron chi connectivity index (χ3n) is 5.59. The predicted molar refractivity (Wildman–Crippen MR) is 112 cm³/mol. The van der Waals surface area contributed by atoms with Gasteiger partial charge in [0, 0.05) is 25.0 Å². The molecule has 1 aromatic heterocycles. The van der Waals surface area contributed by atoms with E-state index < -0.39 is 0 Å². The van der Waals surface area contributed by atoms with Crippen molar-refractivity contribution in [2.24, 2.45) is 0 Å². The summed E-state index contributed by atoms with van der Waals surface area (Å²) in [5.74, 6) is 0.356. The average molecular weight is 375 g/mol. The summed E-state index contributed by atoms with van der Waals surface area (Å²) in [6.45, 7) is 3.94. The number of nitrogen functional groups attached to an aromatic ring is 1. The molecule has 0 radical (unpaired) electrons. The smallest absolute Gasteiger partial charge is 0.256 e. The summed E-state index contributed by atoms with van der Waals surface area (Å²) in [5, 5.41) is 0.710. The Morgan fingerprint density at radius 3 is 2.75 bits per heavy atom. The van der Waals surface area contributed by atoms with E-state index in [0.717, 1.165) is 36.2 Å². The van der Waals surface area contributed by atoms with E-state index in [-0.39, 0.29) is 11.9 Å². The molecule has 1 aliphatic heterocycles. The lowest BCUT2D eigenvalue weighted by atomic mass is 9.97. The number of hydrogen-bond donors (Lipinski definition) is 1. The Kier molecular flexibility index (Phi) is 4.73. The molecule has 0 aliphatic carbocycles. The molecular weight excluding hydrogens is 350 g/mol. The van der Waals surface area contributed by atoms with E-state index in [2.05, 4.69) is 41.0 Å². The molecular formula is C22H25N5O. The number of aromatic nitrogens is 2. The van der Waals surface area contributed by atoms with Gasteiger partial charge in [-0.3, -0.25) is 4.79 Å². The van der Waals surface area contributed by atoms with E-state index in [1.165, 1.54) is 6.33 Å². The van der Waals surface area contributed by atoms with Gasteiger partial charge in [0.1, 0.15) is 12.1 Å². The van der Waals surface area contributed by atoms with Crippen molar-refractivity contribution in [3.63, 3.8) is 0 Å². The van der Waals surface area contributed by atoms with Crippen molar-refractivity contribution in [1.29, 1.82) is 0 Å². The van der Waals surface area contributed by atoms with Gasteiger partial charge < -0.3 is 15.5 Å². The third kappa shape index (κ3) is 3.31. The van der Waals surface area contributed by atoms with Crippen LogP contribution < -0.4 is 5.73 Å². The van der Waals surface area contributed by atoms with Crippen LogP contribution >= 0.6 is 0 Å². The van der Waals surface area contributed by atoms with Crippen molar-refractivity contribution >= 4 is 22.6 Å². The van der Waals surface area contributed by atoms with E-state index in [0.29, 0.717) is 22.3 Å². The topological polar surface area (TPSA) is 75.4 Å². The first kappa shape index (κ1) is 18.4. The van der Waals surface area contributed by atoms with Crippen molar-refractivity contribution in [3.8, 4) is 11.1 Å². The van der Waals surface area contributed by atoms with Crippen LogP contribution in [0.25, 0.3) is 22.0 Å². The van der Waals surface area contributed by atoms with E-state index in [9.17, 15) is 4.79 Å². The van der Waals surface area contributed by atoms with Crippen LogP contribution in [0, 0.1) is 6.92 Å². The molecule has 28 heavy (non-hydrogen) atoms. The van der Waals surface area contributed by atoms with E-state index in [4.69, 9.17) is 5.73 Å². The Morgan fingerprint density at radius 1 is 1.21 bits per heavy atom. The van der Waals surface area contributed by atoms with Gasteiger partial charge in [-0.05, 0) is 50.2 Å². The summed E-state index contributed by atoms with van der Waals surface area (Å²) in [4.78, 5) is 26.0. The summed E-state index contributed by atoms with van der Waals surface area (Å²) < 4.78 is 0. The highest BCUT2D eigenvalue weighted by molar-refractivity contribution is 6.09. The molecule has 2 aromatic carbocycles. The minimum absolute atomic E-state index is 0.0297. The second-order valence-electron chi connectivity index (χ2n) is 7.67. The van der Waals surface area contributed by atoms with Crippen LogP contribution in [0.15, 0.2) is 42.7 Å². The molecule has 0 saturated carbocycles. The lowest BCUT2D eigenvalue weighted by Crippen LogP contribution is -2.38. The van der Waals surface area contributed by atoms with Gasteiger partial charge in [-0.2, -0.15) is 0 Å². The summed E-state index contributed by atoms with van der Waals surface area (Å²) in [7, 11) is 3.96. The minimum atomic E-state index is -0.0297. The van der Waals surface area contributed by atoms with Gasteiger partial charge in [-0.1, -0.05) is 29.8 Å². The number of anilines is 1. The number of fused-ring (bicyclic) bond motifs is 1. The molecule has 2 N–H and O–H groups in total. The van der Waals surface area contributed by atoms with Crippen LogP contribution in [-0.4, -0.2) is 58.9 Å². The number of likely N-dealkylation sites (N-methyl/N-ethyl adjacent to an activating group) is 2. The minimum Gasteiger partial charge on any atom is -0.383 e. The zero-order valence-electron chi connectivity index (χ0n) is 16.5. The molecule has 6 heteroatoms. The van der Waals surface area contributed by atoms with Crippen LogP contribution in [0.1, 0.15) is 22.3 Å². The number of likely N-dealkylation sites (tertiary alicyclic amines) is 1. The molecule has 1 amide bonds. The van der Waals surface area contributed by atoms with Crippen LogP contribution in [0.4, 0.5) is 5.82 Å². The second-order valence-corrected chi connectivity index (χ2v) is 7.67. The fraction of sp³-hybridized carbons (Fsp3) is 0.318. The third-order valence-corrected chi connectivity index (χ3v) is 5.59. The van der Waals surface area contributed by atoms with E-state index >= 15 is 0 Å². The van der Waals surface area contributed by atoms with Crippen LogP contribution in [0.2, 0.25) is 0 Å². The maximum atomic E-state index is 13.4. The maximum absolute atomic E-state index is 13.4. The lowest BCUT2D eigenvalue weighted by Gasteiger charge is -2.25. The summed E-state index contributed by atoms with van der Waals surface area (Å²) in [6.07, 6.45) is 2.40. The van der Waals surface area contributed by atoms with Gasteiger partial charge in [0.2, 0.25) is 0 Å². The van der Waals surface area contributed by atoms with Gasteiger partial charge in [-0.15, -0.1) is 0 Å². The normalized spacial score (nSPS) is 17.2. The van der Waals surface area contributed by atoms with Crippen molar-refractivity contribution in [2.45, 2.75) is 19.4 Å². The zero-order valence-corrected chi connectivity index (χ0v) is 16.5. The van der Waals surface area contributed by atoms with Gasteiger partial charge >= 0.3 is 0 Å². The second kappa shape index (κ2) is 7.20. The molecule has 6 nitrogen and oxygen atoms in total. The molecule has 1 unspecified atom stereocenters. The van der Waals surface area contributed by atoms with Gasteiger partial charge in [0.25, 0.3) is 5.91 Å². The Bertz CT molecular complexity index is 1050. The number of carbonyl (C=O) groups excluding carboxylic acids is 1. The number of nitrogens with two attached hydrogens (primary N) is 1. The monoisotopic (exact) mass is 375 g/mol. The number of rotatable bonds is 3. The van der Waals surface area contributed by atoms with Crippen molar-refractivity contribution < 1.29 is 4.79 Å². The molecule has 0 bridgehead atoms. The highest BCUT2D eigenvalue weighted by atomic mass is 16.2. The van der Waals surface area contributed by atoms with Crippen molar-refractivity contribution in [2.75, 3.05) is 32.9 Å². The van der Waals surface area contributed by atoms with Gasteiger partial charge in [-0.25, -0.2) is 9.97 Å². The number of hydrogen-bond acceptors (Lipinski definition) is 5. The Hall–Kier alpha value is -2.99. The first-order chi connectivity index (χ1) is 13.4. The molecule has 144 valence electrons. The van der Waals surface area contributed by atoms with Gasteiger partial charge in [0.15, 0.2) is 0 Å². The molecule has 2 heterocycles. The number of carbonyl (C=O) groups is 1. The van der Waals surface area contributed by atoms with Crippen LogP contribution in [-0.2, 0) is 0 Å². The molecule has 1 fully saturated rings. The summed E-state index contributed by atoms with van der Waals surface area (Å²) in [5.41, 5.74) is 10.5. The zero-order chi connectivity index (χ0) is 19.8. The molecule has 1 atom stereocenters. The largest absolute Gasteiger partial charge is 0.383 e. The quantitative estimate of drug-likeness (QED) is 0.762. The standard InChI is InChI=1S/C22H25N5O/c1-14-5-4-6-15(9-14)16-10-18-20(24-13-25-21(18)23)19(11-16)22(28)27(3)17-7-8-26(2)12-17/h4-6,9-11,13,17H,7-8,12H2,1-3H3,(H2,23,24,25). The van der Waals surface area contributed by atoms with E-state index in [1.807, 2.05) is 36.2 Å². The lowest BCUT2D eigenvalue weighted by molar-refractivity contribution is 0.0739. The highest BCUT2D eigenvalue weighted by Crippen LogP contribution is 2.30. The Labute approximate surface area is 165 Å². The number of amides is 1. The summed E-state index contributed by atoms with van der Waals surface area (Å²) >= 11 is 0. The first-order valence-corrected chi connectivity index (χ1v) is 9.51. The predicted octanol–water partition coefficient (Wildman–Crippen LogP) is 2.96. The van der Waals surface area contributed by atoms with Gasteiger partial charge in [0.05, 0.1) is 11.1 Å². The number of aryl methyl sites for hydroxylation is 1. The average Bonchev–Trinajstić information content (AvgIpc) is 3.13. The Balaban J connectivity index is 1.84. The molecule has 1 saturated heterocycles. The van der Waals surface area contributed by atoms with Crippen molar-refractivity contribution in [1.82, 2.24) is 19.8 Å². The number of nitrogens with zero attached hydrogens (tertiary/aromatic N) is 4. The van der Waals surface area contributed by atoms with Crippen LogP contribution in [0.5, 0.6) is 0 Å². The molecule has 1 aliphatic rings. The molecule has 3 aromatic rings. The van der Waals surface area contributed by atoms with E-state index in [1.54, 1.807) is 0 Å². The first-order valence-electron chi connectivity index (χ1n) is 9.51. The summed E-state index contributed by atoms with van der Waals surface area (Å²) in [6, 6.07) is 12.3.